The number of hydrogen-bond donors (Lipinski definition) is 0. The van der Waals surface area contributed by atoms with E-state index in [0.29, 0.717) is 15.3 Å². The van der Waals surface area contributed by atoms with Crippen molar-refractivity contribution in [1.29, 1.82) is 0 Å². The van der Waals surface area contributed by atoms with Gasteiger partial charge in [0.2, 0.25) is 4.96 Å². The summed E-state index contributed by atoms with van der Waals surface area (Å²) in [4.78, 5) is 17.7. The van der Waals surface area contributed by atoms with Crippen LogP contribution in [-0.2, 0) is 0 Å². The Morgan fingerprint density at radius 2 is 1.93 bits per heavy atom. The first-order chi connectivity index (χ1) is 14.6. The number of aromatic nitrogens is 3. The lowest BCUT2D eigenvalue weighted by molar-refractivity contribution is 0.259. The summed E-state index contributed by atoms with van der Waals surface area (Å²) in [5.74, 6) is 0.977. The number of para-hydroxylation sites is 1. The minimum atomic E-state index is -0.288. The van der Waals surface area contributed by atoms with Gasteiger partial charge in [0.15, 0.2) is 5.82 Å². The standard InChI is InChI=1S/C23H16FN3O2S/c1-14-17(12-16-4-2-3-5-19(16)29-14)13-20-22(28)27-23(30-20)25-21(26-27)11-8-15-6-9-18(24)10-7-15/h2-14H,1H3/b11-8+,20-13+/t14-/m0/s1. The quantitative estimate of drug-likeness (QED) is 0.509. The topological polar surface area (TPSA) is 56.5 Å². The first-order valence-corrected chi connectivity index (χ1v) is 10.2. The number of halogens is 1. The van der Waals surface area contributed by atoms with Gasteiger partial charge in [-0.1, -0.05) is 47.7 Å². The third-order valence-corrected chi connectivity index (χ3v) is 5.76. The zero-order chi connectivity index (χ0) is 20.7. The molecule has 2 aromatic carbocycles. The van der Waals surface area contributed by atoms with Gasteiger partial charge in [0.1, 0.15) is 17.7 Å². The van der Waals surface area contributed by atoms with Gasteiger partial charge in [0, 0.05) is 5.56 Å². The first-order valence-electron chi connectivity index (χ1n) is 9.39. The predicted molar refractivity (Wildman–Crippen MR) is 117 cm³/mol. The van der Waals surface area contributed by atoms with Crippen LogP contribution < -0.4 is 14.8 Å². The van der Waals surface area contributed by atoms with Crippen molar-refractivity contribution in [3.05, 3.63) is 91.8 Å². The Kier molecular flexibility index (Phi) is 4.52. The summed E-state index contributed by atoms with van der Waals surface area (Å²) in [6.45, 7) is 1.96. The molecule has 2 aromatic heterocycles. The molecular weight excluding hydrogens is 401 g/mol. The summed E-state index contributed by atoms with van der Waals surface area (Å²) < 4.78 is 20.8. The predicted octanol–water partition coefficient (Wildman–Crippen LogP) is 3.82. The maximum atomic E-state index is 13.0. The molecule has 0 saturated carbocycles. The van der Waals surface area contributed by atoms with Crippen LogP contribution in [0.4, 0.5) is 4.39 Å². The van der Waals surface area contributed by atoms with Gasteiger partial charge in [-0.15, -0.1) is 5.10 Å². The lowest BCUT2D eigenvalue weighted by Gasteiger charge is -2.22. The molecule has 5 rings (SSSR count). The van der Waals surface area contributed by atoms with Crippen LogP contribution in [0.2, 0.25) is 0 Å². The fourth-order valence-electron chi connectivity index (χ4n) is 3.24. The van der Waals surface area contributed by atoms with E-state index in [0.717, 1.165) is 22.4 Å². The lowest BCUT2D eigenvalue weighted by atomic mass is 10.0. The van der Waals surface area contributed by atoms with E-state index in [1.165, 1.54) is 28.0 Å². The maximum Gasteiger partial charge on any atom is 0.291 e. The zero-order valence-electron chi connectivity index (χ0n) is 15.9. The van der Waals surface area contributed by atoms with Gasteiger partial charge >= 0.3 is 0 Å². The van der Waals surface area contributed by atoms with Crippen molar-refractivity contribution < 1.29 is 9.13 Å². The Balaban J connectivity index is 1.48. The van der Waals surface area contributed by atoms with Crippen LogP contribution in [0, 0.1) is 5.82 Å². The minimum absolute atomic E-state index is 0.157. The van der Waals surface area contributed by atoms with Crippen molar-refractivity contribution >= 4 is 40.6 Å². The van der Waals surface area contributed by atoms with E-state index in [1.54, 1.807) is 24.3 Å². The van der Waals surface area contributed by atoms with E-state index in [-0.39, 0.29) is 17.5 Å². The molecule has 0 radical (unpaired) electrons. The molecule has 5 nitrogen and oxygen atoms in total. The average Bonchev–Trinajstić information content (AvgIpc) is 3.27. The maximum absolute atomic E-state index is 13.0. The second-order valence-corrected chi connectivity index (χ2v) is 7.92. The molecule has 3 heterocycles. The van der Waals surface area contributed by atoms with Crippen LogP contribution in [-0.4, -0.2) is 20.7 Å². The van der Waals surface area contributed by atoms with Gasteiger partial charge in [-0.25, -0.2) is 4.39 Å². The third kappa shape index (κ3) is 3.44. The molecule has 148 valence electrons. The highest BCUT2D eigenvalue weighted by atomic mass is 32.1. The molecule has 1 aliphatic rings. The average molecular weight is 417 g/mol. The van der Waals surface area contributed by atoms with Crippen LogP contribution in [0.1, 0.15) is 23.9 Å². The summed E-state index contributed by atoms with van der Waals surface area (Å²) in [6.07, 6.45) is 7.20. The molecule has 0 spiro atoms. The molecule has 4 aromatic rings. The molecular formula is C23H16FN3O2S. The van der Waals surface area contributed by atoms with E-state index in [4.69, 9.17) is 4.74 Å². The second kappa shape index (κ2) is 7.35. The monoisotopic (exact) mass is 417 g/mol. The highest BCUT2D eigenvalue weighted by molar-refractivity contribution is 7.15. The largest absolute Gasteiger partial charge is 0.485 e. The van der Waals surface area contributed by atoms with Crippen molar-refractivity contribution in [1.82, 2.24) is 14.6 Å². The molecule has 30 heavy (non-hydrogen) atoms. The highest BCUT2D eigenvalue weighted by Crippen LogP contribution is 2.29. The Labute approximate surface area is 175 Å². The normalized spacial score (nSPS) is 16.7. The van der Waals surface area contributed by atoms with Crippen molar-refractivity contribution in [2.75, 3.05) is 0 Å². The Morgan fingerprint density at radius 1 is 1.13 bits per heavy atom. The molecule has 0 N–H and O–H groups in total. The molecule has 0 aliphatic carbocycles. The van der Waals surface area contributed by atoms with Gasteiger partial charge in [-0.2, -0.15) is 9.50 Å². The van der Waals surface area contributed by atoms with E-state index < -0.39 is 0 Å². The smallest absolute Gasteiger partial charge is 0.291 e. The fourth-order valence-corrected chi connectivity index (χ4v) is 4.15. The molecule has 0 saturated heterocycles. The number of rotatable bonds is 3. The van der Waals surface area contributed by atoms with Crippen LogP contribution in [0.5, 0.6) is 5.75 Å². The van der Waals surface area contributed by atoms with Crippen LogP contribution in [0.25, 0.3) is 29.3 Å². The Morgan fingerprint density at radius 3 is 2.73 bits per heavy atom. The first kappa shape index (κ1) is 18.4. The summed E-state index contributed by atoms with van der Waals surface area (Å²) in [6, 6.07) is 13.9. The highest BCUT2D eigenvalue weighted by Gasteiger charge is 2.18. The van der Waals surface area contributed by atoms with Gasteiger partial charge in [0.05, 0.1) is 4.53 Å². The van der Waals surface area contributed by atoms with Gasteiger partial charge in [0.25, 0.3) is 5.56 Å². The molecule has 0 amide bonds. The second-order valence-electron chi connectivity index (χ2n) is 6.91. The summed E-state index contributed by atoms with van der Waals surface area (Å²) in [5, 5.41) is 4.29. The van der Waals surface area contributed by atoms with Crippen molar-refractivity contribution in [2.24, 2.45) is 0 Å². The van der Waals surface area contributed by atoms with Gasteiger partial charge < -0.3 is 4.74 Å². The lowest BCUT2D eigenvalue weighted by Crippen LogP contribution is -2.26. The van der Waals surface area contributed by atoms with E-state index in [9.17, 15) is 9.18 Å². The fraction of sp³-hybridized carbons (Fsp3) is 0.0870. The number of hydrogen-bond acceptors (Lipinski definition) is 5. The summed E-state index contributed by atoms with van der Waals surface area (Å²) in [7, 11) is 0. The van der Waals surface area contributed by atoms with Crippen molar-refractivity contribution in [3.63, 3.8) is 0 Å². The van der Waals surface area contributed by atoms with Crippen LogP contribution >= 0.6 is 11.3 Å². The minimum Gasteiger partial charge on any atom is -0.485 e. The number of nitrogens with zero attached hydrogens (tertiary/aromatic N) is 3. The molecule has 7 heteroatoms. The van der Waals surface area contributed by atoms with Gasteiger partial charge in [-0.3, -0.25) is 4.79 Å². The number of thiazole rings is 1. The number of benzene rings is 2. The zero-order valence-corrected chi connectivity index (χ0v) is 16.8. The van der Waals surface area contributed by atoms with Crippen molar-refractivity contribution in [2.45, 2.75) is 13.0 Å². The summed E-state index contributed by atoms with van der Waals surface area (Å²) in [5.41, 5.74) is 2.52. The van der Waals surface area contributed by atoms with E-state index in [1.807, 2.05) is 43.3 Å². The SMILES string of the molecule is C[C@@H]1Oc2ccccc2C=C1/C=c1/sc2nc(/C=C/c3ccc(F)cc3)nn2c1=O. The van der Waals surface area contributed by atoms with E-state index >= 15 is 0 Å². The van der Waals surface area contributed by atoms with E-state index in [2.05, 4.69) is 10.1 Å². The molecule has 0 unspecified atom stereocenters. The number of ether oxygens (including phenoxy) is 1. The molecule has 0 fully saturated rings. The molecule has 0 bridgehead atoms. The Bertz CT molecular complexity index is 1420. The third-order valence-electron chi connectivity index (χ3n) is 4.81. The summed E-state index contributed by atoms with van der Waals surface area (Å²) >= 11 is 1.29. The van der Waals surface area contributed by atoms with Crippen LogP contribution in [0.15, 0.2) is 58.9 Å². The Hall–Kier alpha value is -3.58. The molecule has 1 aliphatic heterocycles. The van der Waals surface area contributed by atoms with Crippen molar-refractivity contribution in [3.8, 4) is 5.75 Å². The van der Waals surface area contributed by atoms with Crippen LogP contribution in [0.3, 0.4) is 0 Å². The van der Waals surface area contributed by atoms with Gasteiger partial charge in [-0.05, 0) is 54.5 Å². The number of fused-ring (bicyclic) bond motifs is 2. The molecule has 1 atom stereocenters.